The molecule has 5 aromatic heterocycles. The van der Waals surface area contributed by atoms with Crippen molar-refractivity contribution in [2.24, 2.45) is 28.7 Å². The van der Waals surface area contributed by atoms with Crippen molar-refractivity contribution in [1.82, 2.24) is 54.0 Å². The Bertz CT molecular complexity index is 3410. The average molecular weight is 1360 g/mol. The number of hydrogen-bond donors (Lipinski definition) is 16. The predicted octanol–water partition coefficient (Wildman–Crippen LogP) is -8.46. The minimum atomic E-state index is -5.09. The molecule has 2 unspecified atom stereocenters. The number of nitrogens with two attached hydrogens (primary N) is 7. The van der Waals surface area contributed by atoms with Crippen LogP contribution in [0, 0.1) is 0 Å². The first kappa shape index (κ1) is 69.6. The number of aliphatic hydroxyl groups excluding tert-OH is 8. The van der Waals surface area contributed by atoms with Crippen LogP contribution in [0.2, 0.25) is 0 Å². The molecule has 10 heterocycles. The number of phosphoric ester groups is 2. The van der Waals surface area contributed by atoms with E-state index < -0.39 is 189 Å². The van der Waals surface area contributed by atoms with Crippen molar-refractivity contribution in [1.29, 1.82) is 0 Å². The number of imidazole rings is 2. The Balaban J connectivity index is 0.657. The molecule has 0 spiro atoms. The van der Waals surface area contributed by atoms with E-state index in [1.807, 2.05) is 0 Å². The van der Waals surface area contributed by atoms with Crippen LogP contribution in [0.1, 0.15) is 50.3 Å². The zero-order chi connectivity index (χ0) is 66.4. The molecular formula is C49H77N18O24P2-. The second kappa shape index (κ2) is 29.1. The van der Waals surface area contributed by atoms with Crippen LogP contribution in [0.5, 0.6) is 0 Å². The minimum Gasteiger partial charge on any atom is -0.756 e. The number of nitrogen functional groups attached to an aromatic ring is 2. The molecule has 0 bridgehead atoms. The van der Waals surface area contributed by atoms with Gasteiger partial charge in [-0.2, -0.15) is 0 Å². The lowest BCUT2D eigenvalue weighted by Crippen LogP contribution is -2.68. The molecule has 5 saturated heterocycles. The molecule has 27 atom stereocenters. The van der Waals surface area contributed by atoms with Crippen LogP contribution in [0.15, 0.2) is 31.5 Å². The van der Waals surface area contributed by atoms with Gasteiger partial charge < -0.3 is 138 Å². The van der Waals surface area contributed by atoms with E-state index in [1.54, 1.807) is 0 Å². The number of fused-ring (bicyclic) bond motifs is 2. The lowest BCUT2D eigenvalue weighted by molar-refractivity contribution is -0.309. The highest BCUT2D eigenvalue weighted by Crippen LogP contribution is 2.50. The fourth-order valence-corrected chi connectivity index (χ4v) is 13.6. The highest BCUT2D eigenvalue weighted by molar-refractivity contribution is 7.47. The Morgan fingerprint density at radius 3 is 1.84 bits per heavy atom. The molecule has 5 aromatic rings. The molecule has 93 heavy (non-hydrogen) atoms. The second-order valence-electron chi connectivity index (χ2n) is 23.3. The number of aromatic nitrogens is 11. The number of aliphatic hydroxyl groups is 8. The minimum absolute atomic E-state index is 0.0231. The van der Waals surface area contributed by atoms with Gasteiger partial charge in [-0.1, -0.05) is 5.21 Å². The molecule has 42 nitrogen and oxygen atoms in total. The zero-order valence-corrected chi connectivity index (χ0v) is 51.1. The van der Waals surface area contributed by atoms with Gasteiger partial charge in [-0.05, 0) is 25.7 Å². The molecule has 1 saturated carbocycles. The maximum Gasteiger partial charge on any atom is 0.472 e. The number of unbranched alkanes of at least 4 members (excludes halogenated alkanes) is 1. The van der Waals surface area contributed by atoms with Crippen LogP contribution in [-0.2, 0) is 78.1 Å². The third kappa shape index (κ3) is 15.2. The summed E-state index contributed by atoms with van der Waals surface area (Å²) >= 11 is 0. The number of phosphoric acid groups is 2. The lowest BCUT2D eigenvalue weighted by Gasteiger charge is -2.47. The number of rotatable bonds is 26. The quantitative estimate of drug-likeness (QED) is 0.0181. The number of ether oxygens (including phenoxy) is 8. The summed E-state index contributed by atoms with van der Waals surface area (Å²) in [4.78, 5) is 48.9. The van der Waals surface area contributed by atoms with Gasteiger partial charge in [0.2, 0.25) is 0 Å². The largest absolute Gasteiger partial charge is 0.756 e. The van der Waals surface area contributed by atoms with Gasteiger partial charge in [-0.25, -0.2) is 39.2 Å². The smallest absolute Gasteiger partial charge is 0.472 e. The van der Waals surface area contributed by atoms with Gasteiger partial charge >= 0.3 is 7.82 Å². The van der Waals surface area contributed by atoms with Gasteiger partial charge in [0.05, 0.1) is 75.6 Å². The fraction of sp³-hybridized carbons (Fsp3) is 0.755. The van der Waals surface area contributed by atoms with Gasteiger partial charge in [0.15, 0.2) is 41.8 Å². The van der Waals surface area contributed by atoms with Crippen molar-refractivity contribution in [2.45, 2.75) is 198 Å². The van der Waals surface area contributed by atoms with Crippen LogP contribution >= 0.6 is 15.6 Å². The van der Waals surface area contributed by atoms with Crippen molar-refractivity contribution >= 4 is 49.6 Å². The van der Waals surface area contributed by atoms with E-state index in [0.717, 1.165) is 0 Å². The SMILES string of the molecule is NC[C@@H]1O[C@H](O[C@H]2[C@@H](O)[C@H](O[C@@H]3[C@@H](O)[C@H](N)C[C@H](N)[C@H]3O[C@H]3O[C@H](Cn4cc(CCCCOP(=O)([O-])OC[C@H]5O[C@@H](n6cnc7c(N)ncnc76)C[C@@H]5OP(=O)(O)OC[C@H]5O[C@@H](n6cnc7c(N)ncnc76)C[C@@H]5O)nn4)[C@@H](O)[C@H](O)[C@H]3N)O[C@@H]2CO)[C@H](N)[C@@H](O)[C@@H]1O. The molecule has 6 fully saturated rings. The molecule has 0 aromatic carbocycles. The number of aryl methyl sites for hydroxylation is 1. The van der Waals surface area contributed by atoms with Crippen LogP contribution in [0.25, 0.3) is 22.3 Å². The number of nitrogens with zero attached hydrogens (tertiary/aromatic N) is 11. The summed E-state index contributed by atoms with van der Waals surface area (Å²) in [6.45, 7) is -2.90. The third-order valence-corrected chi connectivity index (χ3v) is 19.0. The van der Waals surface area contributed by atoms with Gasteiger partial charge in [0.1, 0.15) is 122 Å². The van der Waals surface area contributed by atoms with Crippen LogP contribution in [0.4, 0.5) is 11.6 Å². The molecule has 5 aliphatic heterocycles. The Morgan fingerprint density at radius 1 is 0.613 bits per heavy atom. The molecule has 0 amide bonds. The second-order valence-corrected chi connectivity index (χ2v) is 26.2. The Kier molecular flexibility index (Phi) is 21.8. The predicted molar refractivity (Wildman–Crippen MR) is 305 cm³/mol. The highest BCUT2D eigenvalue weighted by Gasteiger charge is 2.55. The van der Waals surface area contributed by atoms with Crippen LogP contribution < -0.4 is 45.0 Å². The maximum atomic E-state index is 13.6. The van der Waals surface area contributed by atoms with E-state index in [0.29, 0.717) is 23.3 Å². The summed E-state index contributed by atoms with van der Waals surface area (Å²) in [6, 6.07) is -4.72. The first-order chi connectivity index (χ1) is 44.3. The number of anilines is 2. The molecule has 0 radical (unpaired) electrons. The van der Waals surface area contributed by atoms with Crippen LogP contribution in [0.3, 0.4) is 0 Å². The Morgan fingerprint density at radius 2 is 1.19 bits per heavy atom. The average Bonchev–Trinajstić information content (AvgIpc) is 1.78. The normalized spacial score (nSPS) is 38.8. The Hall–Kier alpha value is -4.78. The zero-order valence-electron chi connectivity index (χ0n) is 49.3. The first-order valence-electron chi connectivity index (χ1n) is 29.7. The molecule has 11 rings (SSSR count). The molecule has 1 aliphatic carbocycles. The molecule has 44 heteroatoms. The standard InChI is InChI=1S/C49H78N18O24P2/c50-8-23-35(71)37(73)30(53)47(85-23)89-41-25(11-68)87-49(39(41)75)90-42-34(70)19(51)5-20(52)40(42)88-48-31(54)38(74)36(72)24(86-48)10-65-9-18(63-64-65)3-1-2-4-80-92(76,77)81-13-27-22(7-29(84-27)67-17-62-33-44(56)58-15-60-46(33)67)91-93(78,79)82-12-26-21(69)6-28(83-26)66-16-61-32-43(55)57-14-59-45(32)66/h9,14-17,19-31,34-42,47-49,68-75H,1-8,10-13,50-54H2,(H,76,77)(H,78,79)(H2,55,57,59)(H2,56,58,60)/p-1/t19-,20+,21+,22+,23+,24-,25-,26-,27-,28-,29-,30-,31-,34+,35-,36-,37-,38-,39-,40-,41-,42-,47-,48-,49+/m1/s1. The fourth-order valence-electron chi connectivity index (χ4n) is 11.9. The van der Waals surface area contributed by atoms with Crippen molar-refractivity contribution < 1.29 is 116 Å². The summed E-state index contributed by atoms with van der Waals surface area (Å²) in [7, 11) is -10.1. The Labute approximate surface area is 526 Å². The van der Waals surface area contributed by atoms with Gasteiger partial charge in [0.25, 0.3) is 7.82 Å². The van der Waals surface area contributed by atoms with E-state index in [-0.39, 0.29) is 74.6 Å². The molecule has 23 N–H and O–H groups in total. The van der Waals surface area contributed by atoms with Gasteiger partial charge in [-0.15, -0.1) is 5.10 Å². The lowest BCUT2D eigenvalue weighted by atomic mass is 9.84. The van der Waals surface area contributed by atoms with E-state index in [2.05, 4.69) is 40.2 Å². The summed E-state index contributed by atoms with van der Waals surface area (Å²) in [5.41, 5.74) is 44.3. The first-order valence-corrected chi connectivity index (χ1v) is 32.6. The molecular weight excluding hydrogens is 1290 g/mol. The number of hydrogen-bond acceptors (Lipinski definition) is 38. The maximum absolute atomic E-state index is 13.6. The summed E-state index contributed by atoms with van der Waals surface area (Å²) in [6.07, 6.45) is -21.6. The van der Waals surface area contributed by atoms with Gasteiger partial charge in [-0.3, -0.25) is 22.7 Å². The van der Waals surface area contributed by atoms with E-state index >= 15 is 0 Å². The topological polar surface area (TPSA) is 650 Å². The molecule has 518 valence electrons. The van der Waals surface area contributed by atoms with Crippen molar-refractivity contribution in [2.75, 3.05) is 44.4 Å². The third-order valence-electron chi connectivity index (χ3n) is 17.0. The molecule has 6 aliphatic rings. The summed E-state index contributed by atoms with van der Waals surface area (Å²) in [5.74, 6) is 0.186. The van der Waals surface area contributed by atoms with Gasteiger partial charge in [0, 0.05) is 37.7 Å². The monoisotopic (exact) mass is 1360 g/mol. The van der Waals surface area contributed by atoms with Crippen LogP contribution in [-0.4, -0.2) is 273 Å². The van der Waals surface area contributed by atoms with Crippen molar-refractivity contribution in [3.05, 3.63) is 37.2 Å². The van der Waals surface area contributed by atoms with E-state index in [1.165, 1.54) is 45.3 Å². The summed E-state index contributed by atoms with van der Waals surface area (Å²) in [5, 5.41) is 95.4. The van der Waals surface area contributed by atoms with Crippen molar-refractivity contribution in [3.8, 4) is 0 Å². The summed E-state index contributed by atoms with van der Waals surface area (Å²) < 4.78 is 100. The highest BCUT2D eigenvalue weighted by atomic mass is 31.2. The van der Waals surface area contributed by atoms with E-state index in [4.69, 9.17) is 96.1 Å². The van der Waals surface area contributed by atoms with Crippen molar-refractivity contribution in [3.63, 3.8) is 0 Å². The van der Waals surface area contributed by atoms with E-state index in [9.17, 15) is 59.8 Å².